The number of carbonyl (C=O) groups is 2. The van der Waals surface area contributed by atoms with Crippen molar-refractivity contribution in [3.63, 3.8) is 0 Å². The summed E-state index contributed by atoms with van der Waals surface area (Å²) in [5.41, 5.74) is 0.691. The molecule has 2 aliphatic rings. The zero-order chi connectivity index (χ0) is 16.4. The molecule has 1 aliphatic carbocycles. The standard InChI is InChI=1S/C17H18ClNO3S/c18-13-8-12(6-7-14(13)20)9-15-16(21)19(17(22)23-15)10-11-4-2-1-3-5-11/h6-9,11,20H,1-5,10H2/b15-9+. The molecule has 1 N–H and O–H groups in total. The quantitative estimate of drug-likeness (QED) is 0.804. The number of hydrogen-bond acceptors (Lipinski definition) is 4. The van der Waals surface area contributed by atoms with Gasteiger partial charge in [-0.25, -0.2) is 0 Å². The number of carbonyl (C=O) groups excluding carboxylic acids is 2. The Kier molecular flexibility index (Phi) is 4.97. The van der Waals surface area contributed by atoms with Crippen molar-refractivity contribution in [2.24, 2.45) is 5.92 Å². The van der Waals surface area contributed by atoms with Crippen LogP contribution in [-0.4, -0.2) is 27.7 Å². The van der Waals surface area contributed by atoms with Gasteiger partial charge in [0.1, 0.15) is 5.75 Å². The van der Waals surface area contributed by atoms with Crippen LogP contribution in [-0.2, 0) is 4.79 Å². The van der Waals surface area contributed by atoms with Gasteiger partial charge in [0.15, 0.2) is 0 Å². The molecule has 122 valence electrons. The highest BCUT2D eigenvalue weighted by Crippen LogP contribution is 2.35. The van der Waals surface area contributed by atoms with Crippen LogP contribution in [0.1, 0.15) is 37.7 Å². The van der Waals surface area contributed by atoms with Crippen LogP contribution in [0.2, 0.25) is 5.02 Å². The largest absolute Gasteiger partial charge is 0.506 e. The summed E-state index contributed by atoms with van der Waals surface area (Å²) in [5, 5.41) is 9.46. The lowest BCUT2D eigenvalue weighted by Gasteiger charge is -2.25. The summed E-state index contributed by atoms with van der Waals surface area (Å²) >= 11 is 6.84. The number of nitrogens with zero attached hydrogens (tertiary/aromatic N) is 1. The minimum Gasteiger partial charge on any atom is -0.506 e. The molecular weight excluding hydrogens is 334 g/mol. The Morgan fingerprint density at radius 3 is 2.70 bits per heavy atom. The Morgan fingerprint density at radius 1 is 1.26 bits per heavy atom. The fourth-order valence-corrected chi connectivity index (χ4v) is 4.09. The van der Waals surface area contributed by atoms with E-state index in [4.69, 9.17) is 11.6 Å². The molecule has 3 rings (SSSR count). The van der Waals surface area contributed by atoms with Gasteiger partial charge < -0.3 is 5.11 Å². The van der Waals surface area contributed by atoms with Crippen molar-refractivity contribution >= 4 is 40.6 Å². The molecule has 4 nitrogen and oxygen atoms in total. The molecule has 1 aromatic carbocycles. The van der Waals surface area contributed by atoms with Crippen molar-refractivity contribution in [1.82, 2.24) is 4.90 Å². The fourth-order valence-electron chi connectivity index (χ4n) is 3.05. The van der Waals surface area contributed by atoms with Gasteiger partial charge in [0.05, 0.1) is 9.93 Å². The van der Waals surface area contributed by atoms with Gasteiger partial charge in [-0.2, -0.15) is 0 Å². The molecule has 0 atom stereocenters. The molecule has 1 aromatic rings. The molecule has 0 spiro atoms. The number of phenolic OH excluding ortho intramolecular Hbond substituents is 1. The van der Waals surface area contributed by atoms with Crippen LogP contribution in [0.4, 0.5) is 4.79 Å². The number of thioether (sulfide) groups is 1. The normalized spacial score (nSPS) is 21.4. The van der Waals surface area contributed by atoms with Crippen molar-refractivity contribution < 1.29 is 14.7 Å². The number of hydrogen-bond donors (Lipinski definition) is 1. The number of phenols is 1. The van der Waals surface area contributed by atoms with E-state index in [9.17, 15) is 14.7 Å². The molecule has 1 aliphatic heterocycles. The number of imide groups is 1. The average Bonchev–Trinajstić information content (AvgIpc) is 2.80. The lowest BCUT2D eigenvalue weighted by Crippen LogP contribution is -2.34. The van der Waals surface area contributed by atoms with Gasteiger partial charge in [0.2, 0.25) is 0 Å². The van der Waals surface area contributed by atoms with Crippen LogP contribution in [0.5, 0.6) is 5.75 Å². The third-order valence-corrected chi connectivity index (χ3v) is 5.52. The van der Waals surface area contributed by atoms with E-state index in [0.29, 0.717) is 22.9 Å². The minimum atomic E-state index is -0.227. The van der Waals surface area contributed by atoms with Gasteiger partial charge in [-0.15, -0.1) is 0 Å². The van der Waals surface area contributed by atoms with Crippen molar-refractivity contribution in [1.29, 1.82) is 0 Å². The maximum Gasteiger partial charge on any atom is 0.293 e. The molecule has 2 fully saturated rings. The summed E-state index contributed by atoms with van der Waals surface area (Å²) in [6, 6.07) is 4.71. The SMILES string of the molecule is O=C1S/C(=C/c2ccc(O)c(Cl)c2)C(=O)N1CC1CCCCC1. The Hall–Kier alpha value is -1.46. The predicted molar refractivity (Wildman–Crippen MR) is 92.4 cm³/mol. The monoisotopic (exact) mass is 351 g/mol. The molecule has 0 aromatic heterocycles. The van der Waals surface area contributed by atoms with Gasteiger partial charge in [-0.1, -0.05) is 36.9 Å². The first-order chi connectivity index (χ1) is 11.0. The highest BCUT2D eigenvalue weighted by atomic mass is 35.5. The summed E-state index contributed by atoms with van der Waals surface area (Å²) in [6.45, 7) is 0.526. The molecule has 0 unspecified atom stereocenters. The van der Waals surface area contributed by atoms with Crippen LogP contribution in [0, 0.1) is 5.92 Å². The number of aromatic hydroxyl groups is 1. The van der Waals surface area contributed by atoms with E-state index in [2.05, 4.69) is 0 Å². The Morgan fingerprint density at radius 2 is 2.00 bits per heavy atom. The Labute approximate surface area is 144 Å². The Bertz CT molecular complexity index is 668. The van der Waals surface area contributed by atoms with Gasteiger partial charge in [-0.05, 0) is 54.3 Å². The predicted octanol–water partition coefficient (Wildman–Crippen LogP) is 4.66. The van der Waals surface area contributed by atoms with Crippen molar-refractivity contribution in [3.05, 3.63) is 33.7 Å². The first-order valence-electron chi connectivity index (χ1n) is 7.78. The van der Waals surface area contributed by atoms with Crippen LogP contribution in [0.3, 0.4) is 0 Å². The maximum atomic E-state index is 12.5. The van der Waals surface area contributed by atoms with Gasteiger partial charge >= 0.3 is 0 Å². The van der Waals surface area contributed by atoms with E-state index in [0.717, 1.165) is 24.6 Å². The number of rotatable bonds is 3. The summed E-state index contributed by atoms with van der Waals surface area (Å²) < 4.78 is 0. The summed E-state index contributed by atoms with van der Waals surface area (Å²) in [7, 11) is 0. The number of benzene rings is 1. The second kappa shape index (κ2) is 6.97. The average molecular weight is 352 g/mol. The number of amides is 2. The molecule has 6 heteroatoms. The molecule has 23 heavy (non-hydrogen) atoms. The van der Waals surface area contributed by atoms with Crippen molar-refractivity contribution in [3.8, 4) is 5.75 Å². The number of halogens is 1. The zero-order valence-electron chi connectivity index (χ0n) is 12.6. The maximum absolute atomic E-state index is 12.5. The summed E-state index contributed by atoms with van der Waals surface area (Å²) in [4.78, 5) is 26.4. The topological polar surface area (TPSA) is 57.6 Å². The molecule has 2 amide bonds. The molecule has 1 saturated heterocycles. The summed E-state index contributed by atoms with van der Waals surface area (Å²) in [6.07, 6.45) is 7.45. The second-order valence-electron chi connectivity index (χ2n) is 6.01. The van der Waals surface area contributed by atoms with Crippen molar-refractivity contribution in [2.75, 3.05) is 6.54 Å². The van der Waals surface area contributed by atoms with E-state index < -0.39 is 0 Å². The fraction of sp³-hybridized carbons (Fsp3) is 0.412. The summed E-state index contributed by atoms with van der Waals surface area (Å²) in [5.74, 6) is 0.198. The first kappa shape index (κ1) is 16.4. The minimum absolute atomic E-state index is 0.00535. The van der Waals surface area contributed by atoms with Crippen molar-refractivity contribution in [2.45, 2.75) is 32.1 Å². The van der Waals surface area contributed by atoms with Crippen LogP contribution >= 0.6 is 23.4 Å². The van der Waals surface area contributed by atoms with Gasteiger partial charge in [-0.3, -0.25) is 14.5 Å². The van der Waals surface area contributed by atoms with E-state index >= 15 is 0 Å². The molecular formula is C17H18ClNO3S. The smallest absolute Gasteiger partial charge is 0.293 e. The van der Waals surface area contributed by atoms with E-state index in [1.54, 1.807) is 18.2 Å². The molecule has 1 heterocycles. The first-order valence-corrected chi connectivity index (χ1v) is 8.98. The third-order valence-electron chi connectivity index (χ3n) is 4.31. The molecule has 1 saturated carbocycles. The lowest BCUT2D eigenvalue weighted by molar-refractivity contribution is -0.123. The van der Waals surface area contributed by atoms with Crippen LogP contribution < -0.4 is 0 Å². The van der Waals surface area contributed by atoms with E-state index in [1.165, 1.54) is 30.2 Å². The zero-order valence-corrected chi connectivity index (χ0v) is 14.2. The highest BCUT2D eigenvalue weighted by Gasteiger charge is 2.36. The van der Waals surface area contributed by atoms with Crippen LogP contribution in [0.25, 0.3) is 6.08 Å². The molecule has 0 bridgehead atoms. The van der Waals surface area contributed by atoms with Crippen LogP contribution in [0.15, 0.2) is 23.1 Å². The lowest BCUT2D eigenvalue weighted by atomic mass is 9.89. The van der Waals surface area contributed by atoms with Gasteiger partial charge in [0.25, 0.3) is 11.1 Å². The second-order valence-corrected chi connectivity index (χ2v) is 7.41. The van der Waals surface area contributed by atoms with E-state index in [1.807, 2.05) is 0 Å². The van der Waals surface area contributed by atoms with E-state index in [-0.39, 0.29) is 21.9 Å². The third kappa shape index (κ3) is 3.72. The molecule has 0 radical (unpaired) electrons. The highest BCUT2D eigenvalue weighted by molar-refractivity contribution is 8.18. The Balaban J connectivity index is 1.74. The van der Waals surface area contributed by atoms with Gasteiger partial charge in [0, 0.05) is 6.54 Å².